The second kappa shape index (κ2) is 10.0. The third-order valence-corrected chi connectivity index (χ3v) is 14.3. The molecule has 2 nitrogen and oxygen atoms in total. The number of benzene rings is 8. The van der Waals surface area contributed by atoms with Crippen molar-refractivity contribution < 1.29 is 8.98 Å². The molecule has 0 bridgehead atoms. The lowest BCUT2D eigenvalue weighted by Crippen LogP contribution is -2.35. The van der Waals surface area contributed by atoms with E-state index in [1.54, 1.807) is 0 Å². The first kappa shape index (κ1) is 27.9. The fourth-order valence-electron chi connectivity index (χ4n) is 9.25. The van der Waals surface area contributed by atoms with Crippen LogP contribution in [0.25, 0.3) is 55.0 Å². The van der Waals surface area contributed by atoms with Gasteiger partial charge in [-0.1, -0.05) is 170 Å². The largest absolute Gasteiger partial charge is 0.456 e. The summed E-state index contributed by atoms with van der Waals surface area (Å²) in [6.07, 6.45) is 0. The van der Waals surface area contributed by atoms with Gasteiger partial charge in [0.1, 0.15) is 11.3 Å². The van der Waals surface area contributed by atoms with Gasteiger partial charge < -0.3 is 8.98 Å². The van der Waals surface area contributed by atoms with Crippen molar-refractivity contribution in [3.63, 3.8) is 0 Å². The van der Waals surface area contributed by atoms with Crippen molar-refractivity contribution in [2.75, 3.05) is 0 Å². The van der Waals surface area contributed by atoms with Gasteiger partial charge in [-0.2, -0.15) is 0 Å². The predicted octanol–water partition coefficient (Wildman–Crippen LogP) is 10.7. The van der Waals surface area contributed by atoms with Gasteiger partial charge in [-0.25, -0.2) is 0 Å². The number of hydrogen-bond acceptors (Lipinski definition) is 2. The Balaban J connectivity index is 1.37. The van der Waals surface area contributed by atoms with Crippen LogP contribution in [0.3, 0.4) is 0 Å². The predicted molar refractivity (Wildman–Crippen MR) is 207 cm³/mol. The molecule has 8 aromatic carbocycles. The van der Waals surface area contributed by atoms with Gasteiger partial charge >= 0.3 is 0 Å². The van der Waals surface area contributed by atoms with E-state index in [1.807, 2.05) is 6.07 Å². The first-order valence-electron chi connectivity index (χ1n) is 17.1. The number of fused-ring (bicyclic) bond motifs is 14. The normalized spacial score (nSPS) is 15.8. The summed E-state index contributed by atoms with van der Waals surface area (Å²) in [5, 5.41) is 7.83. The number of para-hydroxylation sites is 1. The summed E-state index contributed by atoms with van der Waals surface area (Å²) < 4.78 is 24.1. The Morgan fingerprint density at radius 2 is 0.880 bits per heavy atom. The molecule has 11 rings (SSSR count). The highest BCUT2D eigenvalue weighted by atomic mass is 31.2. The van der Waals surface area contributed by atoms with E-state index in [9.17, 15) is 0 Å². The molecule has 234 valence electrons. The smallest absolute Gasteiger partial charge is 0.172 e. The minimum absolute atomic E-state index is 0.744. The van der Waals surface area contributed by atoms with Gasteiger partial charge in [0, 0.05) is 32.4 Å². The molecule has 1 atom stereocenters. The molecule has 0 saturated carbocycles. The molecule has 0 N–H and O–H groups in total. The van der Waals surface area contributed by atoms with Crippen LogP contribution in [-0.2, 0) is 9.98 Å². The van der Waals surface area contributed by atoms with Gasteiger partial charge in [0.05, 0.1) is 5.41 Å². The molecule has 0 fully saturated rings. The van der Waals surface area contributed by atoms with Crippen LogP contribution in [0.15, 0.2) is 180 Å². The highest BCUT2D eigenvalue weighted by Gasteiger charge is 2.57. The minimum atomic E-state index is -3.61. The van der Waals surface area contributed by atoms with Gasteiger partial charge in [0.2, 0.25) is 0 Å². The summed E-state index contributed by atoms with van der Waals surface area (Å²) in [5.41, 5.74) is 8.07. The number of rotatable bonds is 3. The van der Waals surface area contributed by atoms with E-state index in [-0.39, 0.29) is 0 Å². The van der Waals surface area contributed by atoms with Crippen molar-refractivity contribution in [3.05, 3.63) is 198 Å². The minimum Gasteiger partial charge on any atom is -0.456 e. The van der Waals surface area contributed by atoms with E-state index in [4.69, 9.17) is 4.42 Å². The average Bonchev–Trinajstić information content (AvgIpc) is 3.81. The van der Waals surface area contributed by atoms with Crippen molar-refractivity contribution >= 4 is 55.6 Å². The fraction of sp³-hybridized carbons (Fsp3) is 0.0213. The van der Waals surface area contributed by atoms with E-state index >= 15 is 4.57 Å². The summed E-state index contributed by atoms with van der Waals surface area (Å²) in [7, 11) is -3.61. The number of hydrogen-bond donors (Lipinski definition) is 0. The van der Waals surface area contributed by atoms with Gasteiger partial charge in [-0.05, 0) is 55.4 Å². The van der Waals surface area contributed by atoms with Crippen molar-refractivity contribution in [1.29, 1.82) is 0 Å². The molecule has 1 unspecified atom stereocenters. The summed E-state index contributed by atoms with van der Waals surface area (Å²) in [6, 6.07) is 61.6. The van der Waals surface area contributed by atoms with E-state index in [0.29, 0.717) is 0 Å². The Labute approximate surface area is 289 Å². The molecule has 2 aliphatic rings. The molecule has 50 heavy (non-hydrogen) atoms. The van der Waals surface area contributed by atoms with Crippen LogP contribution in [-0.4, -0.2) is 0 Å². The van der Waals surface area contributed by atoms with Crippen molar-refractivity contribution in [2.45, 2.75) is 5.41 Å². The third-order valence-electron chi connectivity index (χ3n) is 11.1. The molecule has 0 saturated heterocycles. The maximum atomic E-state index is 17.3. The molecule has 2 aliphatic carbocycles. The van der Waals surface area contributed by atoms with Crippen LogP contribution < -0.4 is 15.9 Å². The van der Waals surface area contributed by atoms with Crippen LogP contribution >= 0.6 is 7.14 Å². The third kappa shape index (κ3) is 3.37. The lowest BCUT2D eigenvalue weighted by Gasteiger charge is -2.34. The van der Waals surface area contributed by atoms with Crippen LogP contribution in [0.2, 0.25) is 0 Å². The molecular formula is C47H29O2P. The zero-order chi connectivity index (χ0) is 33.0. The van der Waals surface area contributed by atoms with E-state index in [0.717, 1.165) is 76.4 Å². The molecule has 0 radical (unpaired) electrons. The van der Waals surface area contributed by atoms with Crippen LogP contribution in [0.5, 0.6) is 0 Å². The SMILES string of the molecule is O=P(c1cccc2c1C1(c3ccccc3-2)c2ccccc2-c2oc3ccccc3c21)(c1cccc2ccccc12)c1cccc2ccccc12. The molecule has 3 heteroatoms. The monoisotopic (exact) mass is 656 g/mol. The van der Waals surface area contributed by atoms with Crippen LogP contribution in [0.1, 0.15) is 22.3 Å². The Hall–Kier alpha value is -5.95. The van der Waals surface area contributed by atoms with Crippen LogP contribution in [0, 0.1) is 0 Å². The number of furan rings is 1. The summed E-state index contributed by atoms with van der Waals surface area (Å²) in [6.45, 7) is 0. The van der Waals surface area contributed by atoms with Gasteiger partial charge in [0.15, 0.2) is 7.14 Å². The second-order valence-corrected chi connectivity index (χ2v) is 16.1. The standard InChI is InChI=1S/C47H29O2P/c48-50(41-27-11-16-30-14-1-3-18-32(30)41,42-28-12-17-31-15-2-4-19-33(31)42)43-29-13-23-35-34-20-5-8-24-38(34)47(44(35)43)39-25-9-6-21-36(39)46-45(47)37-22-7-10-26-40(37)49-46/h1-29H. The van der Waals surface area contributed by atoms with Gasteiger partial charge in [-0.15, -0.1) is 0 Å². The Kier molecular flexibility index (Phi) is 5.61. The summed E-state index contributed by atoms with van der Waals surface area (Å²) in [4.78, 5) is 0. The maximum Gasteiger partial charge on any atom is 0.172 e. The van der Waals surface area contributed by atoms with Crippen LogP contribution in [0.4, 0.5) is 0 Å². The lowest BCUT2D eigenvalue weighted by molar-refractivity contribution is 0.592. The van der Waals surface area contributed by atoms with Crippen molar-refractivity contribution in [3.8, 4) is 22.5 Å². The first-order chi connectivity index (χ1) is 24.7. The fourth-order valence-corrected chi connectivity index (χ4v) is 12.6. The second-order valence-electron chi connectivity index (χ2n) is 13.4. The lowest BCUT2D eigenvalue weighted by atomic mass is 9.70. The quantitative estimate of drug-likeness (QED) is 0.177. The van der Waals surface area contributed by atoms with E-state index < -0.39 is 12.6 Å². The zero-order valence-electron chi connectivity index (χ0n) is 27.0. The van der Waals surface area contributed by atoms with Gasteiger partial charge in [-0.3, -0.25) is 0 Å². The molecule has 1 spiro atoms. The molecule has 0 aliphatic heterocycles. The summed E-state index contributed by atoms with van der Waals surface area (Å²) in [5.74, 6) is 0.893. The van der Waals surface area contributed by atoms with Gasteiger partial charge in [0.25, 0.3) is 0 Å². The zero-order valence-corrected chi connectivity index (χ0v) is 27.9. The van der Waals surface area contributed by atoms with Crippen molar-refractivity contribution in [2.24, 2.45) is 0 Å². The highest BCUT2D eigenvalue weighted by molar-refractivity contribution is 7.86. The molecule has 1 heterocycles. The van der Waals surface area contributed by atoms with Crippen molar-refractivity contribution in [1.82, 2.24) is 0 Å². The van der Waals surface area contributed by atoms with E-state index in [2.05, 4.69) is 170 Å². The van der Waals surface area contributed by atoms with E-state index in [1.165, 1.54) is 16.7 Å². The highest BCUT2D eigenvalue weighted by Crippen LogP contribution is 2.66. The topological polar surface area (TPSA) is 30.2 Å². The Bertz CT molecular complexity index is 2840. The molecule has 0 amide bonds. The molecular weight excluding hydrogens is 627 g/mol. The maximum absolute atomic E-state index is 17.3. The summed E-state index contributed by atoms with van der Waals surface area (Å²) >= 11 is 0. The average molecular weight is 657 g/mol. The Morgan fingerprint density at radius 3 is 1.58 bits per heavy atom. The molecule has 9 aromatic rings. The first-order valence-corrected chi connectivity index (χ1v) is 18.8. The Morgan fingerprint density at radius 1 is 0.400 bits per heavy atom. The molecule has 1 aromatic heterocycles.